The summed E-state index contributed by atoms with van der Waals surface area (Å²) in [5.41, 5.74) is 10.6. The number of hydrogen-bond donors (Lipinski definition) is 2. The van der Waals surface area contributed by atoms with Gasteiger partial charge in [0.25, 0.3) is 0 Å². The van der Waals surface area contributed by atoms with Gasteiger partial charge in [-0.15, -0.1) is 5.11 Å². The summed E-state index contributed by atoms with van der Waals surface area (Å²) in [5, 5.41) is 18.8. The lowest BCUT2D eigenvalue weighted by Gasteiger charge is -1.82. The maximum atomic E-state index is 8.07. The fourth-order valence-corrected chi connectivity index (χ4v) is 0.198. The normalized spacial score (nSPS) is 10.4. The molecule has 0 aliphatic heterocycles. The van der Waals surface area contributed by atoms with E-state index in [-0.39, 0.29) is 11.4 Å². The van der Waals surface area contributed by atoms with Crippen molar-refractivity contribution in [1.82, 2.24) is 0 Å². The Bertz CT molecular complexity index is 224. The van der Waals surface area contributed by atoms with Gasteiger partial charge in [-0.1, -0.05) is 0 Å². The van der Waals surface area contributed by atoms with E-state index >= 15 is 0 Å². The summed E-state index contributed by atoms with van der Waals surface area (Å²) in [6.07, 6.45) is 0. The van der Waals surface area contributed by atoms with Crippen molar-refractivity contribution in [2.24, 2.45) is 10.8 Å². The van der Waals surface area contributed by atoms with Crippen LogP contribution in [0.5, 0.6) is 0 Å². The van der Waals surface area contributed by atoms with E-state index in [0.29, 0.717) is 0 Å². The van der Waals surface area contributed by atoms with Crippen LogP contribution in [0.25, 0.3) is 0 Å². The summed E-state index contributed by atoms with van der Waals surface area (Å²) < 4.78 is 0. The van der Waals surface area contributed by atoms with Crippen molar-refractivity contribution in [3.8, 4) is 12.1 Å². The first-order chi connectivity index (χ1) is 4.26. The van der Waals surface area contributed by atoms with Gasteiger partial charge in [-0.25, -0.2) is 5.53 Å². The Morgan fingerprint density at radius 3 is 2.11 bits per heavy atom. The average Bonchev–Trinajstić information content (AvgIpc) is 1.90. The van der Waals surface area contributed by atoms with E-state index in [1.807, 2.05) is 0 Å². The molecule has 0 aliphatic rings. The maximum Gasteiger partial charge on any atom is 0.196 e. The first kappa shape index (κ1) is 7.12. The predicted octanol–water partition coefficient (Wildman–Crippen LogP) is 0.235. The molecule has 0 aromatic heterocycles. The molecule has 0 rings (SSSR count). The molecule has 0 saturated heterocycles. The molecule has 0 fully saturated rings. The molecule has 9 heavy (non-hydrogen) atoms. The van der Waals surface area contributed by atoms with Crippen molar-refractivity contribution in [1.29, 1.82) is 16.1 Å². The van der Waals surface area contributed by atoms with Crippen LogP contribution in [-0.2, 0) is 0 Å². The molecule has 0 aliphatic carbocycles. The van der Waals surface area contributed by atoms with Crippen molar-refractivity contribution >= 4 is 0 Å². The molecule has 0 radical (unpaired) electrons. The fraction of sp³-hybridized carbons (Fsp3) is 0. The van der Waals surface area contributed by atoms with E-state index in [4.69, 9.17) is 21.8 Å². The molecule has 0 aromatic carbocycles. The first-order valence-electron chi connectivity index (χ1n) is 1.93. The second kappa shape index (κ2) is 3.16. The van der Waals surface area contributed by atoms with Crippen molar-refractivity contribution < 1.29 is 0 Å². The highest BCUT2D eigenvalue weighted by Gasteiger charge is 1.96. The molecule has 3 N–H and O–H groups in total. The highest BCUT2D eigenvalue weighted by molar-refractivity contribution is 5.32. The number of nitriles is 2. The number of nitrogens with two attached hydrogens (primary N) is 1. The van der Waals surface area contributed by atoms with Crippen molar-refractivity contribution in [2.75, 3.05) is 0 Å². The lowest BCUT2D eigenvalue weighted by atomic mass is 10.4. The first-order valence-corrected chi connectivity index (χ1v) is 1.93. The summed E-state index contributed by atoms with van der Waals surface area (Å²) in [6, 6.07) is 2.97. The van der Waals surface area contributed by atoms with E-state index < -0.39 is 0 Å². The number of allylic oxidation sites excluding steroid dienone is 2. The quantitative estimate of drug-likeness (QED) is 0.382. The summed E-state index contributed by atoms with van der Waals surface area (Å²) in [5.74, 6) is 0. The third kappa shape index (κ3) is 1.58. The van der Waals surface area contributed by atoms with Crippen LogP contribution in [0.1, 0.15) is 0 Å². The van der Waals surface area contributed by atoms with Crippen LogP contribution in [-0.4, -0.2) is 0 Å². The van der Waals surface area contributed by atoms with Crippen LogP contribution in [0.4, 0.5) is 0 Å². The molecular weight excluding hydrogens is 118 g/mol. The Morgan fingerprint density at radius 2 is 2.00 bits per heavy atom. The Kier molecular flexibility index (Phi) is 2.50. The molecule has 0 heterocycles. The Balaban J connectivity index is 4.70. The second-order valence-corrected chi connectivity index (χ2v) is 1.10. The molecule has 5 nitrogen and oxygen atoms in total. The maximum absolute atomic E-state index is 8.07. The van der Waals surface area contributed by atoms with Gasteiger partial charge in [-0.3, -0.25) is 0 Å². The van der Waals surface area contributed by atoms with Gasteiger partial charge >= 0.3 is 0 Å². The standard InChI is InChI=1S/C4H3N5/c5-1-3(7)4(2-6)9-8/h8H,7H2/b4-3-,9-8?. The zero-order chi connectivity index (χ0) is 7.28. The zero-order valence-corrected chi connectivity index (χ0v) is 4.42. The molecule has 0 atom stereocenters. The molecular formula is C4H3N5. The van der Waals surface area contributed by atoms with E-state index in [0.717, 1.165) is 0 Å². The minimum Gasteiger partial charge on any atom is -0.388 e. The SMILES string of the molecule is N#C/C(N)=C(\C#N)N=N. The second-order valence-electron chi connectivity index (χ2n) is 1.10. The molecule has 0 amide bonds. The number of hydrogen-bond acceptors (Lipinski definition) is 5. The van der Waals surface area contributed by atoms with Gasteiger partial charge in [0.1, 0.15) is 17.8 Å². The van der Waals surface area contributed by atoms with Crippen LogP contribution < -0.4 is 5.73 Å². The Morgan fingerprint density at radius 1 is 1.44 bits per heavy atom. The summed E-state index contributed by atoms with van der Waals surface area (Å²) in [4.78, 5) is 0. The predicted molar refractivity (Wildman–Crippen MR) is 27.6 cm³/mol. The van der Waals surface area contributed by atoms with Gasteiger partial charge in [0.2, 0.25) is 0 Å². The third-order valence-corrected chi connectivity index (χ3v) is 0.593. The van der Waals surface area contributed by atoms with Gasteiger partial charge in [0, 0.05) is 0 Å². The van der Waals surface area contributed by atoms with E-state index in [1.54, 1.807) is 0 Å². The van der Waals surface area contributed by atoms with Crippen molar-refractivity contribution in [2.45, 2.75) is 0 Å². The largest absolute Gasteiger partial charge is 0.388 e. The van der Waals surface area contributed by atoms with Gasteiger partial charge < -0.3 is 5.73 Å². The Labute approximate surface area is 51.5 Å². The molecule has 0 saturated carbocycles. The molecule has 0 bridgehead atoms. The van der Waals surface area contributed by atoms with Crippen LogP contribution in [0, 0.1) is 28.2 Å². The minimum atomic E-state index is -0.350. The van der Waals surface area contributed by atoms with Gasteiger partial charge in [-0.05, 0) is 0 Å². The molecule has 0 spiro atoms. The molecule has 0 unspecified atom stereocenters. The topological polar surface area (TPSA) is 110 Å². The smallest absolute Gasteiger partial charge is 0.196 e. The summed E-state index contributed by atoms with van der Waals surface area (Å²) in [6.45, 7) is 0. The average molecular weight is 121 g/mol. The van der Waals surface area contributed by atoms with E-state index in [1.165, 1.54) is 12.1 Å². The van der Waals surface area contributed by atoms with Gasteiger partial charge in [-0.2, -0.15) is 10.5 Å². The molecule has 44 valence electrons. The third-order valence-electron chi connectivity index (χ3n) is 0.593. The van der Waals surface area contributed by atoms with Gasteiger partial charge in [0.05, 0.1) is 0 Å². The lowest BCUT2D eigenvalue weighted by Crippen LogP contribution is -1.96. The van der Waals surface area contributed by atoms with E-state index in [2.05, 4.69) is 5.11 Å². The zero-order valence-electron chi connectivity index (χ0n) is 4.42. The number of rotatable bonds is 1. The lowest BCUT2D eigenvalue weighted by molar-refractivity contribution is 1.07. The van der Waals surface area contributed by atoms with E-state index in [9.17, 15) is 0 Å². The van der Waals surface area contributed by atoms with Crippen molar-refractivity contribution in [3.05, 3.63) is 11.4 Å². The highest BCUT2D eigenvalue weighted by atomic mass is 15.0. The van der Waals surface area contributed by atoms with Crippen LogP contribution >= 0.6 is 0 Å². The Hall–Kier alpha value is -1.88. The summed E-state index contributed by atoms with van der Waals surface area (Å²) >= 11 is 0. The highest BCUT2D eigenvalue weighted by Crippen LogP contribution is 1.95. The summed E-state index contributed by atoms with van der Waals surface area (Å²) in [7, 11) is 0. The van der Waals surface area contributed by atoms with Crippen LogP contribution in [0.2, 0.25) is 0 Å². The number of nitrogens with zero attached hydrogens (tertiary/aromatic N) is 3. The fourth-order valence-electron chi connectivity index (χ4n) is 0.198. The molecule has 5 heteroatoms. The number of nitrogens with one attached hydrogen (secondary N) is 1. The van der Waals surface area contributed by atoms with Crippen LogP contribution in [0.15, 0.2) is 16.5 Å². The monoisotopic (exact) mass is 121 g/mol. The van der Waals surface area contributed by atoms with Gasteiger partial charge in [0.15, 0.2) is 5.70 Å². The molecule has 0 aromatic rings. The minimum absolute atomic E-state index is 0.326. The van der Waals surface area contributed by atoms with Crippen molar-refractivity contribution in [3.63, 3.8) is 0 Å². The van der Waals surface area contributed by atoms with Crippen LogP contribution in [0.3, 0.4) is 0 Å².